The number of anilines is 1. The van der Waals surface area contributed by atoms with E-state index < -0.39 is 11.1 Å². The molecule has 0 saturated carbocycles. The van der Waals surface area contributed by atoms with Crippen molar-refractivity contribution in [3.05, 3.63) is 54.4 Å². The number of aromatic nitrogens is 3. The molecule has 0 radical (unpaired) electrons. The van der Waals surface area contributed by atoms with Gasteiger partial charge >= 0.3 is 6.09 Å². The Morgan fingerprint density at radius 1 is 1.05 bits per heavy atom. The summed E-state index contributed by atoms with van der Waals surface area (Å²) < 4.78 is 5.49. The Morgan fingerprint density at radius 3 is 2.52 bits per heavy atom. The molecule has 3 fully saturated rings. The number of para-hydroxylation sites is 1. The maximum absolute atomic E-state index is 14.1. The van der Waals surface area contributed by atoms with Crippen LogP contribution in [-0.2, 0) is 14.3 Å². The number of amides is 3. The van der Waals surface area contributed by atoms with Crippen molar-refractivity contribution in [1.82, 2.24) is 29.9 Å². The van der Waals surface area contributed by atoms with E-state index in [0.29, 0.717) is 63.3 Å². The highest BCUT2D eigenvalue weighted by atomic mass is 16.6. The van der Waals surface area contributed by atoms with Crippen molar-refractivity contribution < 1.29 is 23.9 Å². The highest BCUT2D eigenvalue weighted by Gasteiger charge is 2.54. The van der Waals surface area contributed by atoms with Crippen molar-refractivity contribution in [2.45, 2.75) is 57.6 Å². The van der Waals surface area contributed by atoms with E-state index in [1.807, 2.05) is 51.1 Å². The Bertz CT molecular complexity index is 1560. The number of carbonyl (C=O) groups excluding carboxylic acids is 4. The van der Waals surface area contributed by atoms with Crippen LogP contribution in [0.5, 0.6) is 0 Å². The summed E-state index contributed by atoms with van der Waals surface area (Å²) in [5.41, 5.74) is 0.603. The summed E-state index contributed by atoms with van der Waals surface area (Å²) in [6, 6.07) is 11.6. The fourth-order valence-corrected chi connectivity index (χ4v) is 6.63. The summed E-state index contributed by atoms with van der Waals surface area (Å²) in [5, 5.41) is 7.54. The molecule has 0 unspecified atom stereocenters. The number of piperidine rings is 1. The smallest absolute Gasteiger partial charge is 0.410 e. The van der Waals surface area contributed by atoms with Gasteiger partial charge in [0, 0.05) is 49.9 Å². The lowest BCUT2D eigenvalue weighted by Crippen LogP contribution is -2.57. The number of hydrogen-bond acceptors (Lipinski definition) is 8. The molecule has 12 heteroatoms. The zero-order valence-electron chi connectivity index (χ0n) is 25.5. The number of hydrogen-bond donors (Lipinski definition) is 1. The van der Waals surface area contributed by atoms with E-state index in [9.17, 15) is 19.2 Å². The van der Waals surface area contributed by atoms with Crippen LogP contribution in [0.2, 0.25) is 0 Å². The molecule has 1 spiro atoms. The Morgan fingerprint density at radius 2 is 1.80 bits per heavy atom. The Balaban J connectivity index is 1.12. The molecule has 2 aromatic heterocycles. The van der Waals surface area contributed by atoms with Gasteiger partial charge < -0.3 is 24.3 Å². The number of aromatic amines is 1. The van der Waals surface area contributed by atoms with Crippen LogP contribution in [0.4, 0.5) is 10.5 Å². The van der Waals surface area contributed by atoms with Gasteiger partial charge in [0.1, 0.15) is 11.1 Å². The average molecular weight is 602 g/mol. The highest BCUT2D eigenvalue weighted by Crippen LogP contribution is 2.40. The molecule has 1 atom stereocenters. The first kappa shape index (κ1) is 29.6. The molecule has 3 aliphatic rings. The van der Waals surface area contributed by atoms with Gasteiger partial charge in [0.2, 0.25) is 5.91 Å². The molecule has 0 aliphatic carbocycles. The number of fused-ring (bicyclic) bond motifs is 1. The maximum atomic E-state index is 14.1. The molecule has 3 aliphatic heterocycles. The largest absolute Gasteiger partial charge is 0.444 e. The van der Waals surface area contributed by atoms with Gasteiger partial charge in [-0.25, -0.2) is 9.78 Å². The molecule has 0 bridgehead atoms. The molecule has 44 heavy (non-hydrogen) atoms. The van der Waals surface area contributed by atoms with Gasteiger partial charge in [0.15, 0.2) is 11.4 Å². The van der Waals surface area contributed by atoms with Crippen LogP contribution in [-0.4, -0.2) is 104 Å². The zero-order valence-corrected chi connectivity index (χ0v) is 25.5. The number of likely N-dealkylation sites (tertiary alicyclic amines) is 2. The van der Waals surface area contributed by atoms with Crippen LogP contribution in [0.3, 0.4) is 0 Å². The van der Waals surface area contributed by atoms with E-state index in [1.54, 1.807) is 33.2 Å². The number of pyridine rings is 1. The van der Waals surface area contributed by atoms with Gasteiger partial charge in [0.05, 0.1) is 25.0 Å². The number of carbonyl (C=O) groups is 4. The first-order valence-corrected chi connectivity index (χ1v) is 15.2. The molecule has 3 aromatic rings. The Hall–Kier alpha value is -4.48. The maximum Gasteiger partial charge on any atom is 0.410 e. The number of rotatable bonds is 6. The molecule has 1 aromatic carbocycles. The monoisotopic (exact) mass is 601 g/mol. The van der Waals surface area contributed by atoms with Crippen LogP contribution in [0.25, 0.3) is 11.0 Å². The van der Waals surface area contributed by atoms with E-state index in [4.69, 9.17) is 4.74 Å². The van der Waals surface area contributed by atoms with E-state index in [1.165, 1.54) is 0 Å². The van der Waals surface area contributed by atoms with Crippen LogP contribution in [0.1, 0.15) is 56.8 Å². The number of ketones is 1. The van der Waals surface area contributed by atoms with E-state index in [0.717, 1.165) is 17.5 Å². The Labute approximate surface area is 256 Å². The summed E-state index contributed by atoms with van der Waals surface area (Å²) in [6.45, 7) is 7.67. The first-order valence-electron chi connectivity index (χ1n) is 15.2. The lowest BCUT2D eigenvalue weighted by molar-refractivity contribution is -0.136. The summed E-state index contributed by atoms with van der Waals surface area (Å²) in [7, 11) is 0. The molecular formula is C32H39N7O5. The van der Waals surface area contributed by atoms with Crippen molar-refractivity contribution in [1.29, 1.82) is 0 Å². The summed E-state index contributed by atoms with van der Waals surface area (Å²) in [6.07, 6.45) is 4.77. The second-order valence-corrected chi connectivity index (χ2v) is 13.1. The van der Waals surface area contributed by atoms with Crippen molar-refractivity contribution >= 4 is 40.4 Å². The predicted octanol–water partition coefficient (Wildman–Crippen LogP) is 3.46. The van der Waals surface area contributed by atoms with Gasteiger partial charge in [-0.05, 0) is 64.2 Å². The van der Waals surface area contributed by atoms with Crippen molar-refractivity contribution in [2.24, 2.45) is 5.92 Å². The molecule has 12 nitrogen and oxygen atoms in total. The fraction of sp³-hybridized carbons (Fsp3) is 0.500. The molecule has 5 heterocycles. The van der Waals surface area contributed by atoms with E-state index in [2.05, 4.69) is 20.1 Å². The van der Waals surface area contributed by atoms with Crippen molar-refractivity contribution in [3.8, 4) is 0 Å². The molecule has 3 saturated heterocycles. The lowest BCUT2D eigenvalue weighted by Gasteiger charge is -2.43. The molecular weight excluding hydrogens is 562 g/mol. The SMILES string of the molecule is CC(C)(C)OC(=O)N1CC[C@H](CC(=O)CN2CN(c3ccccc3)C3(CCN(C(=O)c4cnc5[nH]ncc5c4)CC3)C2=O)C1. The van der Waals surface area contributed by atoms with Crippen LogP contribution < -0.4 is 4.90 Å². The lowest BCUT2D eigenvalue weighted by atomic mass is 9.85. The summed E-state index contributed by atoms with van der Waals surface area (Å²) >= 11 is 0. The second kappa shape index (κ2) is 11.5. The summed E-state index contributed by atoms with van der Waals surface area (Å²) in [5.74, 6) is -0.188. The summed E-state index contributed by atoms with van der Waals surface area (Å²) in [4.78, 5) is 64.7. The molecule has 1 N–H and O–H groups in total. The number of nitrogens with one attached hydrogen (secondary N) is 1. The van der Waals surface area contributed by atoms with Gasteiger partial charge in [-0.1, -0.05) is 18.2 Å². The van der Waals surface area contributed by atoms with Gasteiger partial charge in [-0.15, -0.1) is 0 Å². The van der Waals surface area contributed by atoms with Crippen LogP contribution in [0.15, 0.2) is 48.8 Å². The minimum Gasteiger partial charge on any atom is -0.444 e. The van der Waals surface area contributed by atoms with Crippen LogP contribution >= 0.6 is 0 Å². The number of benzene rings is 1. The fourth-order valence-electron chi connectivity index (χ4n) is 6.63. The minimum absolute atomic E-state index is 0.0193. The number of Topliss-reactive ketones (excluding diaryl/α,β-unsaturated/α-hetero) is 1. The van der Waals surface area contributed by atoms with Crippen molar-refractivity contribution in [2.75, 3.05) is 44.3 Å². The Kier molecular flexibility index (Phi) is 7.77. The highest BCUT2D eigenvalue weighted by molar-refractivity contribution is 5.99. The van der Waals surface area contributed by atoms with Gasteiger partial charge in [0.25, 0.3) is 5.91 Å². The number of H-pyrrole nitrogens is 1. The second-order valence-electron chi connectivity index (χ2n) is 13.1. The third kappa shape index (κ3) is 5.85. The van der Waals surface area contributed by atoms with E-state index in [-0.39, 0.29) is 36.2 Å². The number of ether oxygens (including phenoxy) is 1. The third-order valence-electron chi connectivity index (χ3n) is 8.82. The first-order chi connectivity index (χ1) is 21.0. The van der Waals surface area contributed by atoms with E-state index >= 15 is 0 Å². The third-order valence-corrected chi connectivity index (χ3v) is 8.82. The topological polar surface area (TPSA) is 132 Å². The molecule has 6 rings (SSSR count). The standard InChI is InChI=1S/C32H39N7O5/c1-31(2,3)44-30(43)37-12-9-22(19-37)15-26(40)20-38-21-39(25-7-5-4-6-8-25)32(29(38)42)10-13-36(14-11-32)28(41)24-16-23-18-34-35-27(23)33-17-24/h4-8,16-18,22H,9-15,19-21H2,1-3H3,(H,33,34,35)/t22-/m1/s1. The predicted molar refractivity (Wildman–Crippen MR) is 163 cm³/mol. The molecule has 3 amide bonds. The van der Waals surface area contributed by atoms with Crippen LogP contribution in [0, 0.1) is 5.92 Å². The average Bonchev–Trinajstić information content (AvgIpc) is 3.72. The van der Waals surface area contributed by atoms with Gasteiger partial charge in [-0.3, -0.25) is 19.5 Å². The quantitative estimate of drug-likeness (QED) is 0.455. The van der Waals surface area contributed by atoms with Gasteiger partial charge in [-0.2, -0.15) is 5.10 Å². The normalized spacial score (nSPS) is 20.2. The zero-order chi connectivity index (χ0) is 31.1. The minimum atomic E-state index is -0.841. The molecule has 232 valence electrons. The number of nitrogens with zero attached hydrogens (tertiary/aromatic N) is 6. The van der Waals surface area contributed by atoms with Crippen molar-refractivity contribution in [3.63, 3.8) is 0 Å².